The molecule has 12 aromatic rings. The fraction of sp³-hybridized carbons (Fsp3) is 0. The van der Waals surface area contributed by atoms with Gasteiger partial charge >= 0.3 is 0 Å². The lowest BCUT2D eigenvalue weighted by molar-refractivity contribution is 1.07. The van der Waals surface area contributed by atoms with Crippen LogP contribution in [0.15, 0.2) is 231 Å². The summed E-state index contributed by atoms with van der Waals surface area (Å²) in [5, 5.41) is 7.13. The van der Waals surface area contributed by atoms with Crippen molar-refractivity contribution >= 4 is 43.4 Å². The fourth-order valence-corrected chi connectivity index (χ4v) is 9.13. The van der Waals surface area contributed by atoms with Crippen LogP contribution in [0.2, 0.25) is 0 Å². The van der Waals surface area contributed by atoms with Crippen molar-refractivity contribution in [1.82, 2.24) is 19.5 Å². The first-order valence-electron chi connectivity index (χ1n) is 21.3. The first-order chi connectivity index (χ1) is 31.2. The smallest absolute Gasteiger partial charge is 0.164 e. The third-order valence-electron chi connectivity index (χ3n) is 12.2. The average Bonchev–Trinajstić information content (AvgIpc) is 3.68. The SMILES string of the molecule is c1ccc(-c2cccc(-c3cc(-c4nc(-c5ccccc5)nc(-c5ccc6ccccc6c5)n4)c(-c4ccccc4)cc3-n3c4ccccc4c4cc5ccccc5cc43)c2)cc1. The van der Waals surface area contributed by atoms with Gasteiger partial charge in [-0.25, -0.2) is 15.0 Å². The molecule has 4 heteroatoms. The van der Waals surface area contributed by atoms with Crippen molar-refractivity contribution in [3.8, 4) is 73.2 Å². The summed E-state index contributed by atoms with van der Waals surface area (Å²) in [5.41, 5.74) is 12.7. The maximum Gasteiger partial charge on any atom is 0.164 e. The largest absolute Gasteiger partial charge is 0.309 e. The summed E-state index contributed by atoms with van der Waals surface area (Å²) >= 11 is 0. The predicted molar refractivity (Wildman–Crippen MR) is 262 cm³/mol. The minimum Gasteiger partial charge on any atom is -0.309 e. The Morgan fingerprint density at radius 1 is 0.254 bits per heavy atom. The average molecular weight is 803 g/mol. The third kappa shape index (κ3) is 6.53. The van der Waals surface area contributed by atoms with E-state index in [1.165, 1.54) is 26.9 Å². The maximum absolute atomic E-state index is 5.39. The van der Waals surface area contributed by atoms with Gasteiger partial charge in [-0.2, -0.15) is 0 Å². The molecular weight excluding hydrogens is 765 g/mol. The van der Waals surface area contributed by atoms with E-state index < -0.39 is 0 Å². The van der Waals surface area contributed by atoms with E-state index in [9.17, 15) is 0 Å². The molecule has 2 heterocycles. The molecule has 2 aromatic heterocycles. The topological polar surface area (TPSA) is 43.6 Å². The van der Waals surface area contributed by atoms with Crippen LogP contribution in [0.5, 0.6) is 0 Å². The lowest BCUT2D eigenvalue weighted by atomic mass is 9.91. The van der Waals surface area contributed by atoms with Gasteiger partial charge in [0.25, 0.3) is 0 Å². The molecular formula is C59H38N4. The molecule has 0 saturated heterocycles. The van der Waals surface area contributed by atoms with Crippen LogP contribution in [-0.4, -0.2) is 19.5 Å². The second-order valence-electron chi connectivity index (χ2n) is 16.0. The molecule has 0 amide bonds. The van der Waals surface area contributed by atoms with Crippen molar-refractivity contribution in [3.05, 3.63) is 231 Å². The quantitative estimate of drug-likeness (QED) is 0.161. The number of rotatable bonds is 7. The zero-order valence-corrected chi connectivity index (χ0v) is 34.2. The molecule has 63 heavy (non-hydrogen) atoms. The highest BCUT2D eigenvalue weighted by Crippen LogP contribution is 2.44. The molecule has 0 spiro atoms. The summed E-state index contributed by atoms with van der Waals surface area (Å²) < 4.78 is 2.46. The van der Waals surface area contributed by atoms with E-state index in [-0.39, 0.29) is 0 Å². The Morgan fingerprint density at radius 3 is 1.56 bits per heavy atom. The first-order valence-corrected chi connectivity index (χ1v) is 21.3. The van der Waals surface area contributed by atoms with Gasteiger partial charge in [-0.3, -0.25) is 0 Å². The van der Waals surface area contributed by atoms with Crippen LogP contribution in [0.4, 0.5) is 0 Å². The van der Waals surface area contributed by atoms with E-state index >= 15 is 0 Å². The van der Waals surface area contributed by atoms with E-state index in [0.29, 0.717) is 17.5 Å². The molecule has 10 aromatic carbocycles. The van der Waals surface area contributed by atoms with Crippen LogP contribution in [0.3, 0.4) is 0 Å². The molecule has 0 atom stereocenters. The second kappa shape index (κ2) is 15.2. The van der Waals surface area contributed by atoms with Crippen LogP contribution < -0.4 is 0 Å². The van der Waals surface area contributed by atoms with Gasteiger partial charge in [-0.05, 0) is 91.8 Å². The van der Waals surface area contributed by atoms with Gasteiger partial charge in [0.1, 0.15) is 0 Å². The Hall–Kier alpha value is -8.47. The molecule has 0 radical (unpaired) electrons. The van der Waals surface area contributed by atoms with Crippen molar-refractivity contribution in [2.75, 3.05) is 0 Å². The summed E-state index contributed by atoms with van der Waals surface area (Å²) in [5.74, 6) is 1.84. The first kappa shape index (κ1) is 36.4. The van der Waals surface area contributed by atoms with E-state index in [0.717, 1.165) is 72.2 Å². The van der Waals surface area contributed by atoms with Crippen LogP contribution in [0.25, 0.3) is 117 Å². The normalized spacial score (nSPS) is 11.5. The molecule has 12 rings (SSSR count). The number of fused-ring (bicyclic) bond motifs is 5. The zero-order chi connectivity index (χ0) is 41.7. The van der Waals surface area contributed by atoms with Gasteiger partial charge in [0.05, 0.1) is 16.7 Å². The Kier molecular flexibility index (Phi) is 8.79. The van der Waals surface area contributed by atoms with Crippen molar-refractivity contribution in [2.24, 2.45) is 0 Å². The van der Waals surface area contributed by atoms with Crippen molar-refractivity contribution < 1.29 is 0 Å². The minimum atomic E-state index is 0.603. The third-order valence-corrected chi connectivity index (χ3v) is 12.2. The Bertz CT molecular complexity index is 3670. The zero-order valence-electron chi connectivity index (χ0n) is 34.2. The fourth-order valence-electron chi connectivity index (χ4n) is 9.13. The Morgan fingerprint density at radius 2 is 0.810 bits per heavy atom. The molecule has 4 nitrogen and oxygen atoms in total. The second-order valence-corrected chi connectivity index (χ2v) is 16.0. The van der Waals surface area contributed by atoms with Gasteiger partial charge in [0.15, 0.2) is 17.5 Å². The number of benzene rings is 10. The summed E-state index contributed by atoms with van der Waals surface area (Å²) in [7, 11) is 0. The van der Waals surface area contributed by atoms with E-state index in [1.54, 1.807) is 0 Å². The number of para-hydroxylation sites is 1. The lowest BCUT2D eigenvalue weighted by Gasteiger charge is -2.20. The molecule has 0 aliphatic rings. The molecule has 0 aliphatic heterocycles. The summed E-state index contributed by atoms with van der Waals surface area (Å²) in [4.78, 5) is 15.9. The molecule has 0 bridgehead atoms. The van der Waals surface area contributed by atoms with Gasteiger partial charge in [-0.1, -0.05) is 188 Å². The van der Waals surface area contributed by atoms with Crippen molar-refractivity contribution in [1.29, 1.82) is 0 Å². The Balaban J connectivity index is 1.19. The number of aromatic nitrogens is 4. The number of nitrogens with zero attached hydrogens (tertiary/aromatic N) is 4. The van der Waals surface area contributed by atoms with Crippen LogP contribution in [0, 0.1) is 0 Å². The molecule has 0 aliphatic carbocycles. The molecule has 0 unspecified atom stereocenters. The van der Waals surface area contributed by atoms with Gasteiger partial charge in [0.2, 0.25) is 0 Å². The van der Waals surface area contributed by atoms with Gasteiger partial charge in [-0.15, -0.1) is 0 Å². The highest BCUT2D eigenvalue weighted by atomic mass is 15.0. The van der Waals surface area contributed by atoms with Gasteiger partial charge < -0.3 is 4.57 Å². The summed E-state index contributed by atoms with van der Waals surface area (Å²) in [6.45, 7) is 0. The van der Waals surface area contributed by atoms with Crippen molar-refractivity contribution in [2.45, 2.75) is 0 Å². The molecule has 294 valence electrons. The monoisotopic (exact) mass is 802 g/mol. The molecule has 0 fully saturated rings. The van der Waals surface area contributed by atoms with Crippen molar-refractivity contribution in [3.63, 3.8) is 0 Å². The Labute approximate surface area is 365 Å². The van der Waals surface area contributed by atoms with E-state index in [2.05, 4.69) is 217 Å². The van der Waals surface area contributed by atoms with Crippen LogP contribution in [-0.2, 0) is 0 Å². The summed E-state index contributed by atoms with van der Waals surface area (Å²) in [6.07, 6.45) is 0. The highest BCUT2D eigenvalue weighted by molar-refractivity contribution is 6.14. The van der Waals surface area contributed by atoms with E-state index in [4.69, 9.17) is 15.0 Å². The maximum atomic E-state index is 5.39. The predicted octanol–water partition coefficient (Wildman–Crippen LogP) is 15.3. The highest BCUT2D eigenvalue weighted by Gasteiger charge is 2.23. The molecule has 0 saturated carbocycles. The van der Waals surface area contributed by atoms with E-state index in [1.807, 2.05) is 18.2 Å². The van der Waals surface area contributed by atoms with Crippen LogP contribution in [0.1, 0.15) is 0 Å². The molecule has 0 N–H and O–H groups in total. The van der Waals surface area contributed by atoms with Gasteiger partial charge in [0, 0.05) is 33.0 Å². The standard InChI is InChI=1S/C59H38N4/c1-4-17-39(18-5-1)44-27-16-28-47(33-44)51-37-53(59-61-57(42-22-8-3-9-23-42)60-58(62-59)48-32-31-40-19-10-11-24-43(40)34-48)50(41-20-6-2-7-21-41)38-56(51)63-54-30-15-14-29-49(54)52-35-45-25-12-13-26-46(45)36-55(52)63/h1-38H. The van der Waals surface area contributed by atoms with Crippen LogP contribution >= 0.6 is 0 Å². The lowest BCUT2D eigenvalue weighted by Crippen LogP contribution is -2.04. The number of hydrogen-bond acceptors (Lipinski definition) is 3. The minimum absolute atomic E-state index is 0.603. The number of hydrogen-bond donors (Lipinski definition) is 0. The summed E-state index contributed by atoms with van der Waals surface area (Å²) in [6, 6.07) is 82.0.